The summed E-state index contributed by atoms with van der Waals surface area (Å²) < 4.78 is 11.2. The van der Waals surface area contributed by atoms with Gasteiger partial charge in [-0.2, -0.15) is 0 Å². The molecule has 7 nitrogen and oxygen atoms in total. The van der Waals surface area contributed by atoms with E-state index in [2.05, 4.69) is 18.0 Å². The highest BCUT2D eigenvalue weighted by atomic mass is 33.1. The van der Waals surface area contributed by atoms with E-state index in [-0.39, 0.29) is 64.8 Å². The number of ether oxygens (including phenoxy) is 2. The Morgan fingerprint density at radius 1 is 1.22 bits per heavy atom. The minimum atomic E-state index is -0.496. The van der Waals surface area contributed by atoms with E-state index >= 15 is 0 Å². The Morgan fingerprint density at radius 3 is 2.70 bits per heavy atom. The van der Waals surface area contributed by atoms with Crippen LogP contribution >= 0.6 is 21.6 Å². The number of aromatic hydroxyl groups is 2. The maximum Gasteiger partial charge on any atom is 0.302 e. The second kappa shape index (κ2) is 12.6. The van der Waals surface area contributed by atoms with Crippen molar-refractivity contribution in [1.29, 1.82) is 0 Å². The lowest BCUT2D eigenvalue weighted by atomic mass is 9.76. The lowest BCUT2D eigenvalue weighted by molar-refractivity contribution is -0.151. The summed E-state index contributed by atoms with van der Waals surface area (Å²) in [5.74, 6) is 0.350. The van der Waals surface area contributed by atoms with Crippen LogP contribution in [0.5, 0.6) is 17.2 Å². The molecule has 37 heavy (non-hydrogen) atoms. The van der Waals surface area contributed by atoms with E-state index in [9.17, 15) is 19.8 Å². The van der Waals surface area contributed by atoms with Gasteiger partial charge in [0.05, 0.1) is 13.7 Å². The molecule has 0 saturated carbocycles. The number of aliphatic imine (C=N–C) groups is 1. The van der Waals surface area contributed by atoms with Gasteiger partial charge in [0.15, 0.2) is 11.5 Å². The number of phenols is 2. The highest BCUT2D eigenvalue weighted by molar-refractivity contribution is 8.76. The number of esters is 1. The number of carbonyl (C=O) groups is 2. The normalized spacial score (nSPS) is 28.0. The van der Waals surface area contributed by atoms with Crippen molar-refractivity contribution in [3.05, 3.63) is 28.8 Å². The molecular weight excluding hydrogens is 510 g/mol. The van der Waals surface area contributed by atoms with Gasteiger partial charge in [-0.25, -0.2) is 0 Å². The predicted octanol–water partition coefficient (Wildman–Crippen LogP) is 5.61. The van der Waals surface area contributed by atoms with Crippen molar-refractivity contribution in [2.75, 3.05) is 19.4 Å². The van der Waals surface area contributed by atoms with Crippen LogP contribution in [0.2, 0.25) is 0 Å². The number of allylic oxidation sites excluding steroid dienone is 1. The summed E-state index contributed by atoms with van der Waals surface area (Å²) in [7, 11) is 5.07. The van der Waals surface area contributed by atoms with Gasteiger partial charge in [0.25, 0.3) is 0 Å². The van der Waals surface area contributed by atoms with Gasteiger partial charge in [0.1, 0.15) is 11.9 Å². The molecule has 0 spiro atoms. The number of methoxy groups -OCH3 is 1. The molecule has 0 amide bonds. The van der Waals surface area contributed by atoms with Crippen molar-refractivity contribution in [2.45, 2.75) is 76.1 Å². The highest BCUT2D eigenvalue weighted by Crippen LogP contribution is 2.52. The van der Waals surface area contributed by atoms with Gasteiger partial charge < -0.3 is 19.7 Å². The predicted molar refractivity (Wildman–Crippen MR) is 149 cm³/mol. The molecule has 2 N–H and O–H groups in total. The van der Waals surface area contributed by atoms with E-state index in [1.54, 1.807) is 16.9 Å². The second-order valence-electron chi connectivity index (χ2n) is 10.1. The first-order valence-electron chi connectivity index (χ1n) is 13.1. The molecule has 0 aromatic heterocycles. The van der Waals surface area contributed by atoms with Crippen LogP contribution in [0, 0.1) is 11.8 Å². The molecular formula is C28H37NO6S2. The third kappa shape index (κ3) is 6.30. The number of phenolic OH excluding ortho intramolecular Hbond substituents is 2. The van der Waals surface area contributed by atoms with Gasteiger partial charge >= 0.3 is 5.97 Å². The van der Waals surface area contributed by atoms with Gasteiger partial charge in [-0.05, 0) is 36.5 Å². The molecule has 202 valence electrons. The number of ketones is 1. The molecule has 4 rings (SSSR count). The van der Waals surface area contributed by atoms with Crippen LogP contribution in [0.15, 0.2) is 22.7 Å². The van der Waals surface area contributed by atoms with Crippen molar-refractivity contribution in [2.24, 2.45) is 16.8 Å². The summed E-state index contributed by atoms with van der Waals surface area (Å²) in [4.78, 5) is 30.2. The largest absolute Gasteiger partial charge is 0.504 e. The van der Waals surface area contributed by atoms with Crippen molar-refractivity contribution in [3.63, 3.8) is 0 Å². The summed E-state index contributed by atoms with van der Waals surface area (Å²) in [5, 5.41) is 21.2. The number of hydrogen-bond donors (Lipinski definition) is 2. The molecule has 3 aliphatic rings. The Kier molecular flexibility index (Phi) is 9.51. The fraction of sp³-hybridized carbons (Fsp3) is 0.607. The smallest absolute Gasteiger partial charge is 0.302 e. The first kappa shape index (κ1) is 27.9. The minimum absolute atomic E-state index is 0.0326. The van der Waals surface area contributed by atoms with Crippen molar-refractivity contribution in [3.8, 4) is 17.2 Å². The third-order valence-electron chi connectivity index (χ3n) is 7.74. The van der Waals surface area contributed by atoms with Gasteiger partial charge in [0.2, 0.25) is 5.75 Å². The third-order valence-corrected chi connectivity index (χ3v) is 10.7. The zero-order valence-electron chi connectivity index (χ0n) is 21.8. The topological polar surface area (TPSA) is 105 Å². The fourth-order valence-electron chi connectivity index (χ4n) is 5.90. The molecule has 1 aliphatic carbocycles. The van der Waals surface area contributed by atoms with Crippen LogP contribution in [-0.4, -0.2) is 58.9 Å². The Bertz CT molecular complexity index is 1070. The van der Waals surface area contributed by atoms with E-state index in [0.29, 0.717) is 18.5 Å². The van der Waals surface area contributed by atoms with E-state index in [0.717, 1.165) is 37.0 Å². The summed E-state index contributed by atoms with van der Waals surface area (Å²) >= 11 is 0. The molecule has 0 bridgehead atoms. The summed E-state index contributed by atoms with van der Waals surface area (Å²) in [6.45, 7) is 4.23. The van der Waals surface area contributed by atoms with Crippen LogP contribution < -0.4 is 4.74 Å². The number of carbonyl (C=O) groups excluding carboxylic acids is 2. The van der Waals surface area contributed by atoms with Crippen molar-refractivity contribution < 1.29 is 29.3 Å². The number of nitrogens with zero attached hydrogens (tertiary/aromatic N) is 1. The molecule has 5 atom stereocenters. The number of benzene rings is 1. The van der Waals surface area contributed by atoms with E-state index in [1.807, 2.05) is 17.0 Å². The number of Topliss-reactive ketones (excluding diaryl/α,β-unsaturated/α-hetero) is 1. The summed E-state index contributed by atoms with van der Waals surface area (Å²) in [6, 6.07) is 1.77. The molecule has 0 radical (unpaired) electrons. The van der Waals surface area contributed by atoms with Gasteiger partial charge in [-0.15, -0.1) is 0 Å². The number of fused-ring (bicyclic) bond motifs is 3. The van der Waals surface area contributed by atoms with Crippen molar-refractivity contribution in [1.82, 2.24) is 0 Å². The molecule has 1 saturated heterocycles. The quantitative estimate of drug-likeness (QED) is 0.269. The maximum atomic E-state index is 13.6. The standard InChI is InChI=1S/C28H37NO6S2/c1-4-5-6-19-23(17-9-10-29-14-17)15-36-37-26-8-7-20-21(13-25(34-3)28(33)27(20)32)22(26)11-18(31)12-24(19)35-16(2)30/h9,13-14,19,22-24,26,32-33H,4-8,10-12,15H2,1-3H3/t19-,22+,23-,24-,26+/m0/s1. The zero-order valence-corrected chi connectivity index (χ0v) is 23.4. The first-order valence-corrected chi connectivity index (χ1v) is 15.5. The van der Waals surface area contributed by atoms with Crippen LogP contribution in [0.25, 0.3) is 0 Å². The molecule has 0 unspecified atom stereocenters. The monoisotopic (exact) mass is 547 g/mol. The Hall–Kier alpha value is -2.13. The number of hydrogen-bond acceptors (Lipinski definition) is 9. The van der Waals surface area contributed by atoms with Gasteiger partial charge in [0, 0.05) is 60.3 Å². The Morgan fingerprint density at radius 2 is 2.03 bits per heavy atom. The van der Waals surface area contributed by atoms with Crippen LogP contribution in [0.3, 0.4) is 0 Å². The minimum Gasteiger partial charge on any atom is -0.504 e. The summed E-state index contributed by atoms with van der Waals surface area (Å²) in [5.41, 5.74) is 2.72. The molecule has 1 aromatic carbocycles. The average molecular weight is 548 g/mol. The lowest BCUT2D eigenvalue weighted by Gasteiger charge is -2.33. The van der Waals surface area contributed by atoms with Crippen molar-refractivity contribution >= 4 is 39.6 Å². The zero-order chi connectivity index (χ0) is 26.5. The maximum absolute atomic E-state index is 13.6. The molecule has 1 aromatic rings. The van der Waals surface area contributed by atoms with E-state index < -0.39 is 6.10 Å². The van der Waals surface area contributed by atoms with Gasteiger partial charge in [-0.1, -0.05) is 47.4 Å². The fourth-order valence-corrected chi connectivity index (χ4v) is 9.22. The van der Waals surface area contributed by atoms with Crippen LogP contribution in [0.4, 0.5) is 0 Å². The van der Waals surface area contributed by atoms with Crippen LogP contribution in [0.1, 0.15) is 69.4 Å². The number of rotatable bonds is 6. The molecule has 1 fully saturated rings. The lowest BCUT2D eigenvalue weighted by Crippen LogP contribution is -2.36. The molecule has 9 heteroatoms. The summed E-state index contributed by atoms with van der Waals surface area (Å²) in [6.07, 6.45) is 8.38. The SMILES string of the molecule is CCCC[C@@H]1[C@@H](OC(C)=O)CC(=O)C[C@@H]2c3cc(OC)c(O)c(O)c3CC[C@H]2SSC[C@H]1C1=CCN=C1. The van der Waals surface area contributed by atoms with E-state index in [4.69, 9.17) is 9.47 Å². The molecule has 2 heterocycles. The average Bonchev–Trinajstić information content (AvgIpc) is 3.39. The first-order chi connectivity index (χ1) is 17.8. The Labute approximate surface area is 226 Å². The van der Waals surface area contributed by atoms with E-state index in [1.165, 1.54) is 19.6 Å². The highest BCUT2D eigenvalue weighted by Gasteiger charge is 2.40. The molecule has 2 aliphatic heterocycles. The Balaban J connectivity index is 1.71. The van der Waals surface area contributed by atoms with Gasteiger partial charge in [-0.3, -0.25) is 14.6 Å². The number of unbranched alkanes of at least 4 members (excludes halogenated alkanes) is 1. The second-order valence-corrected chi connectivity index (χ2v) is 12.8. The van der Waals surface area contributed by atoms with Crippen LogP contribution in [-0.2, 0) is 20.7 Å².